The van der Waals surface area contributed by atoms with Gasteiger partial charge in [0.1, 0.15) is 17.0 Å². The van der Waals surface area contributed by atoms with E-state index in [0.717, 1.165) is 47.5 Å². The Morgan fingerprint density at radius 2 is 2.22 bits per heavy atom. The molecule has 1 atom stereocenters. The van der Waals surface area contributed by atoms with E-state index >= 15 is 0 Å². The molecule has 7 nitrogen and oxygen atoms in total. The van der Waals surface area contributed by atoms with Crippen LogP contribution in [0.15, 0.2) is 24.5 Å². The van der Waals surface area contributed by atoms with Crippen molar-refractivity contribution >= 4 is 45.0 Å². The third-order valence-corrected chi connectivity index (χ3v) is 6.09. The molecule has 7 N–H and O–H groups in total. The van der Waals surface area contributed by atoms with Crippen molar-refractivity contribution in [1.29, 1.82) is 5.41 Å². The van der Waals surface area contributed by atoms with Crippen molar-refractivity contribution in [2.24, 2.45) is 5.73 Å². The first-order valence-electron chi connectivity index (χ1n) is 9.05. The van der Waals surface area contributed by atoms with Gasteiger partial charge in [-0.25, -0.2) is 9.97 Å². The highest BCUT2D eigenvalue weighted by Gasteiger charge is 2.24. The van der Waals surface area contributed by atoms with E-state index < -0.39 is 0 Å². The highest BCUT2D eigenvalue weighted by molar-refractivity contribution is 7.19. The van der Waals surface area contributed by atoms with Crippen LogP contribution < -0.4 is 22.1 Å². The van der Waals surface area contributed by atoms with Crippen LogP contribution >= 0.6 is 11.3 Å². The fourth-order valence-corrected chi connectivity index (χ4v) is 4.85. The average Bonchev–Trinajstić information content (AvgIpc) is 3.06. The molecule has 0 bridgehead atoms. The lowest BCUT2D eigenvalue weighted by atomic mass is 9.93. The summed E-state index contributed by atoms with van der Waals surface area (Å²) >= 11 is 1.75. The number of nitrogens with two attached hydrogens (primary N) is 2. The molecule has 3 aromatic rings. The van der Waals surface area contributed by atoms with Gasteiger partial charge in [0.2, 0.25) is 0 Å². The van der Waals surface area contributed by atoms with Crippen LogP contribution in [0.4, 0.5) is 17.2 Å². The molecule has 0 aliphatic heterocycles. The van der Waals surface area contributed by atoms with Crippen molar-refractivity contribution < 1.29 is 0 Å². The van der Waals surface area contributed by atoms with Crippen LogP contribution in [0.25, 0.3) is 10.2 Å². The van der Waals surface area contributed by atoms with Crippen molar-refractivity contribution in [3.05, 3.63) is 40.5 Å². The van der Waals surface area contributed by atoms with E-state index in [1.54, 1.807) is 23.7 Å². The third-order valence-electron chi connectivity index (χ3n) is 4.93. The van der Waals surface area contributed by atoms with Crippen LogP contribution in [-0.2, 0) is 12.8 Å². The molecule has 2 aromatic heterocycles. The second-order valence-electron chi connectivity index (χ2n) is 6.70. The number of nitrogens with one attached hydrogen (secondary N) is 3. The number of nitrogen functional groups attached to an aromatic ring is 1. The molecule has 1 aliphatic rings. The second kappa shape index (κ2) is 7.59. The van der Waals surface area contributed by atoms with Crippen molar-refractivity contribution in [1.82, 2.24) is 15.3 Å². The maximum Gasteiger partial charge on any atom is 0.142 e. The van der Waals surface area contributed by atoms with Gasteiger partial charge in [0, 0.05) is 47.2 Å². The molecular weight excluding hydrogens is 358 g/mol. The monoisotopic (exact) mass is 381 g/mol. The molecule has 4 rings (SSSR count). The summed E-state index contributed by atoms with van der Waals surface area (Å²) in [5.74, 6) is 0.812. The van der Waals surface area contributed by atoms with Gasteiger partial charge in [-0.15, -0.1) is 11.3 Å². The van der Waals surface area contributed by atoms with Gasteiger partial charge in [0.25, 0.3) is 0 Å². The van der Waals surface area contributed by atoms with Gasteiger partial charge in [-0.2, -0.15) is 0 Å². The fraction of sp³-hybridized carbons (Fsp3) is 0.316. The van der Waals surface area contributed by atoms with Crippen molar-refractivity contribution in [2.45, 2.75) is 25.3 Å². The van der Waals surface area contributed by atoms with E-state index in [2.05, 4.69) is 20.6 Å². The second-order valence-corrected chi connectivity index (χ2v) is 7.79. The number of hydrogen-bond acceptors (Lipinski definition) is 8. The van der Waals surface area contributed by atoms with Gasteiger partial charge in [-0.05, 0) is 43.0 Å². The molecule has 27 heavy (non-hydrogen) atoms. The zero-order valence-electron chi connectivity index (χ0n) is 15.0. The summed E-state index contributed by atoms with van der Waals surface area (Å²) in [4.78, 5) is 11.4. The van der Waals surface area contributed by atoms with Gasteiger partial charge in [0.15, 0.2) is 0 Å². The van der Waals surface area contributed by atoms with E-state index in [4.69, 9.17) is 16.9 Å². The van der Waals surface area contributed by atoms with Gasteiger partial charge < -0.3 is 27.5 Å². The Morgan fingerprint density at radius 1 is 1.33 bits per heavy atom. The first-order valence-corrected chi connectivity index (χ1v) is 9.87. The number of aryl methyl sites for hydroxylation is 1. The molecule has 0 spiro atoms. The Labute approximate surface area is 161 Å². The molecule has 1 unspecified atom stereocenters. The zero-order valence-corrected chi connectivity index (χ0v) is 15.8. The molecule has 0 radical (unpaired) electrons. The van der Waals surface area contributed by atoms with Crippen molar-refractivity contribution in [2.75, 3.05) is 24.1 Å². The maximum absolute atomic E-state index is 7.49. The molecule has 0 saturated heterocycles. The molecule has 1 aliphatic carbocycles. The maximum atomic E-state index is 7.49. The number of anilines is 3. The molecule has 2 heterocycles. The summed E-state index contributed by atoms with van der Waals surface area (Å²) in [6, 6.07) is 6.05. The van der Waals surface area contributed by atoms with E-state index in [-0.39, 0.29) is 0 Å². The molecule has 1 aromatic carbocycles. The third kappa shape index (κ3) is 3.51. The summed E-state index contributed by atoms with van der Waals surface area (Å²) in [6.07, 6.45) is 5.97. The Bertz CT molecular complexity index is 982. The Kier molecular flexibility index (Phi) is 5.02. The highest BCUT2D eigenvalue weighted by atomic mass is 32.1. The standard InChI is InChI=1S/C19H23N7S/c20-5-6-23-12-1-3-14-16(8-12)27-19-17(14)18(24-10-25-19)26-13-2-4-15(22)11(7-13)9-21/h2,4,7,9-10,12,21,23H,1,3,5-6,8,20,22H2,(H,24,25,26). The van der Waals surface area contributed by atoms with Crippen LogP contribution in [0.2, 0.25) is 0 Å². The SMILES string of the molecule is N=Cc1cc(Nc2ncnc3sc4c(c23)CCC(NCCN)C4)ccc1N. The summed E-state index contributed by atoms with van der Waals surface area (Å²) < 4.78 is 0. The average molecular weight is 382 g/mol. The smallest absolute Gasteiger partial charge is 0.142 e. The highest BCUT2D eigenvalue weighted by Crippen LogP contribution is 2.39. The summed E-state index contributed by atoms with van der Waals surface area (Å²) in [5, 5.41) is 15.5. The Hall–Kier alpha value is -2.55. The predicted molar refractivity (Wildman–Crippen MR) is 112 cm³/mol. The van der Waals surface area contributed by atoms with Gasteiger partial charge >= 0.3 is 0 Å². The van der Waals surface area contributed by atoms with Gasteiger partial charge in [0.05, 0.1) is 5.39 Å². The first kappa shape index (κ1) is 17.8. The zero-order chi connectivity index (χ0) is 18.8. The van der Waals surface area contributed by atoms with E-state index in [0.29, 0.717) is 23.8 Å². The topological polar surface area (TPSA) is 126 Å². The van der Waals surface area contributed by atoms with Crippen LogP contribution in [0.1, 0.15) is 22.4 Å². The lowest BCUT2D eigenvalue weighted by molar-refractivity contribution is 0.469. The normalized spacial score (nSPS) is 16.3. The lowest BCUT2D eigenvalue weighted by Crippen LogP contribution is -2.37. The van der Waals surface area contributed by atoms with E-state index in [1.165, 1.54) is 16.7 Å². The van der Waals surface area contributed by atoms with Crippen LogP contribution in [0.3, 0.4) is 0 Å². The minimum absolute atomic E-state index is 0.478. The summed E-state index contributed by atoms with van der Waals surface area (Å²) in [6.45, 7) is 1.51. The van der Waals surface area contributed by atoms with Crippen LogP contribution in [0, 0.1) is 5.41 Å². The first-order chi connectivity index (χ1) is 13.2. The molecule has 0 amide bonds. The number of aromatic nitrogens is 2. The fourth-order valence-electron chi connectivity index (χ4n) is 3.58. The van der Waals surface area contributed by atoms with Crippen LogP contribution in [0.5, 0.6) is 0 Å². The van der Waals surface area contributed by atoms with Crippen molar-refractivity contribution in [3.63, 3.8) is 0 Å². The molecule has 8 heteroatoms. The molecular formula is C19H23N7S. The summed E-state index contributed by atoms with van der Waals surface area (Å²) in [5.41, 5.74) is 15.0. The minimum Gasteiger partial charge on any atom is -0.398 e. The molecule has 140 valence electrons. The largest absolute Gasteiger partial charge is 0.398 e. The lowest BCUT2D eigenvalue weighted by Gasteiger charge is -2.23. The number of hydrogen-bond donors (Lipinski definition) is 5. The minimum atomic E-state index is 0.478. The summed E-state index contributed by atoms with van der Waals surface area (Å²) in [7, 11) is 0. The van der Waals surface area contributed by atoms with Gasteiger partial charge in [-0.1, -0.05) is 0 Å². The number of thiophene rings is 1. The number of nitrogens with zero attached hydrogens (tertiary/aromatic N) is 2. The Balaban J connectivity index is 1.67. The predicted octanol–water partition coefficient (Wildman–Crippen LogP) is 2.42. The molecule has 0 saturated carbocycles. The van der Waals surface area contributed by atoms with Crippen LogP contribution in [-0.4, -0.2) is 35.3 Å². The van der Waals surface area contributed by atoms with E-state index in [9.17, 15) is 0 Å². The molecule has 0 fully saturated rings. The number of fused-ring (bicyclic) bond motifs is 3. The quantitative estimate of drug-likeness (QED) is 0.330. The van der Waals surface area contributed by atoms with E-state index in [1.807, 2.05) is 12.1 Å². The van der Waals surface area contributed by atoms with Gasteiger partial charge in [-0.3, -0.25) is 0 Å². The van der Waals surface area contributed by atoms with Crippen molar-refractivity contribution in [3.8, 4) is 0 Å². The number of benzene rings is 1. The Morgan fingerprint density at radius 3 is 3.04 bits per heavy atom. The number of rotatable bonds is 6.